The Labute approximate surface area is 125 Å². The normalized spacial score (nSPS) is 13.4. The Morgan fingerprint density at radius 3 is 1.81 bits per heavy atom. The van der Waals surface area contributed by atoms with Gasteiger partial charge in [0, 0.05) is 6.07 Å². The summed E-state index contributed by atoms with van der Waals surface area (Å²) in [7, 11) is 4.89. The molecule has 0 aliphatic heterocycles. The SMILES string of the molecule is COc1cccc(C(C)(N)c2cc(OC)cc(OC)c2)c1. The molecule has 0 bridgehead atoms. The molecule has 0 spiro atoms. The lowest BCUT2D eigenvalue weighted by atomic mass is 9.85. The van der Waals surface area contributed by atoms with Crippen LogP contribution < -0.4 is 19.9 Å². The van der Waals surface area contributed by atoms with Gasteiger partial charge in [0.1, 0.15) is 17.2 Å². The Hall–Kier alpha value is -2.20. The van der Waals surface area contributed by atoms with Gasteiger partial charge in [0.2, 0.25) is 0 Å². The second-order valence-corrected chi connectivity index (χ2v) is 5.04. The van der Waals surface area contributed by atoms with Crippen molar-refractivity contribution in [1.82, 2.24) is 0 Å². The van der Waals surface area contributed by atoms with Crippen molar-refractivity contribution in [3.05, 3.63) is 53.6 Å². The monoisotopic (exact) mass is 287 g/mol. The Morgan fingerprint density at radius 2 is 1.29 bits per heavy atom. The fourth-order valence-electron chi connectivity index (χ4n) is 2.22. The molecule has 1 atom stereocenters. The first-order valence-electron chi connectivity index (χ1n) is 6.68. The van der Waals surface area contributed by atoms with Gasteiger partial charge in [-0.15, -0.1) is 0 Å². The molecule has 0 saturated carbocycles. The van der Waals surface area contributed by atoms with Gasteiger partial charge in [0.15, 0.2) is 0 Å². The van der Waals surface area contributed by atoms with Crippen molar-refractivity contribution in [2.24, 2.45) is 5.73 Å². The standard InChI is InChI=1S/C17H21NO3/c1-17(18,12-6-5-7-14(8-12)19-2)13-9-15(20-3)11-16(10-13)21-4/h5-11H,18H2,1-4H3. The van der Waals surface area contributed by atoms with Gasteiger partial charge >= 0.3 is 0 Å². The molecule has 2 aromatic rings. The number of rotatable bonds is 5. The third-order valence-electron chi connectivity index (χ3n) is 3.62. The Morgan fingerprint density at radius 1 is 0.762 bits per heavy atom. The van der Waals surface area contributed by atoms with E-state index in [1.165, 1.54) is 0 Å². The fourth-order valence-corrected chi connectivity index (χ4v) is 2.22. The average molecular weight is 287 g/mol. The number of ether oxygens (including phenoxy) is 3. The maximum atomic E-state index is 6.56. The molecule has 112 valence electrons. The molecule has 2 rings (SSSR count). The highest BCUT2D eigenvalue weighted by Crippen LogP contribution is 2.33. The van der Waals surface area contributed by atoms with Gasteiger partial charge in [-0.1, -0.05) is 12.1 Å². The van der Waals surface area contributed by atoms with Crippen LogP contribution in [-0.4, -0.2) is 21.3 Å². The van der Waals surface area contributed by atoms with Crippen LogP contribution in [0.15, 0.2) is 42.5 Å². The number of benzene rings is 2. The van der Waals surface area contributed by atoms with Crippen molar-refractivity contribution < 1.29 is 14.2 Å². The largest absolute Gasteiger partial charge is 0.497 e. The molecule has 0 radical (unpaired) electrons. The maximum absolute atomic E-state index is 6.56. The molecule has 2 aromatic carbocycles. The van der Waals surface area contributed by atoms with E-state index in [0.29, 0.717) is 11.5 Å². The van der Waals surface area contributed by atoms with Crippen molar-refractivity contribution in [3.8, 4) is 17.2 Å². The maximum Gasteiger partial charge on any atom is 0.122 e. The van der Waals surface area contributed by atoms with E-state index in [9.17, 15) is 0 Å². The van der Waals surface area contributed by atoms with Crippen molar-refractivity contribution in [1.29, 1.82) is 0 Å². The zero-order valence-corrected chi connectivity index (χ0v) is 12.8. The van der Waals surface area contributed by atoms with Crippen LogP contribution in [0.3, 0.4) is 0 Å². The summed E-state index contributed by atoms with van der Waals surface area (Å²) in [6.45, 7) is 1.95. The van der Waals surface area contributed by atoms with Gasteiger partial charge in [0.05, 0.1) is 26.9 Å². The van der Waals surface area contributed by atoms with Crippen molar-refractivity contribution in [2.75, 3.05) is 21.3 Å². The van der Waals surface area contributed by atoms with Gasteiger partial charge < -0.3 is 19.9 Å². The molecule has 4 nitrogen and oxygen atoms in total. The first-order chi connectivity index (χ1) is 10.0. The minimum atomic E-state index is -0.684. The van der Waals surface area contributed by atoms with Gasteiger partial charge in [0.25, 0.3) is 0 Å². The molecule has 21 heavy (non-hydrogen) atoms. The van der Waals surface area contributed by atoms with E-state index in [0.717, 1.165) is 16.9 Å². The lowest BCUT2D eigenvalue weighted by Gasteiger charge is -2.27. The molecule has 0 aromatic heterocycles. The van der Waals surface area contributed by atoms with Crippen LogP contribution in [0.4, 0.5) is 0 Å². The molecule has 0 aliphatic rings. The summed E-state index contributed by atoms with van der Waals surface area (Å²) in [6.07, 6.45) is 0. The topological polar surface area (TPSA) is 53.7 Å². The summed E-state index contributed by atoms with van der Waals surface area (Å²) in [5, 5.41) is 0. The third kappa shape index (κ3) is 3.11. The molecule has 0 aliphatic carbocycles. The average Bonchev–Trinajstić information content (AvgIpc) is 2.54. The molecular formula is C17H21NO3. The van der Waals surface area contributed by atoms with Crippen molar-refractivity contribution >= 4 is 0 Å². The quantitative estimate of drug-likeness (QED) is 0.918. The van der Waals surface area contributed by atoms with Crippen molar-refractivity contribution in [2.45, 2.75) is 12.5 Å². The Kier molecular flexibility index (Phi) is 4.38. The zero-order chi connectivity index (χ0) is 15.5. The highest BCUT2D eigenvalue weighted by Gasteiger charge is 2.25. The Balaban J connectivity index is 2.51. The molecule has 4 heteroatoms. The molecule has 0 saturated heterocycles. The molecular weight excluding hydrogens is 266 g/mol. The van der Waals surface area contributed by atoms with Crippen LogP contribution in [0.2, 0.25) is 0 Å². The van der Waals surface area contributed by atoms with Gasteiger partial charge in [-0.2, -0.15) is 0 Å². The van der Waals surface area contributed by atoms with Gasteiger partial charge in [-0.05, 0) is 42.3 Å². The highest BCUT2D eigenvalue weighted by atomic mass is 16.5. The van der Waals surface area contributed by atoms with Crippen LogP contribution in [0.1, 0.15) is 18.1 Å². The van der Waals surface area contributed by atoms with E-state index < -0.39 is 5.54 Å². The van der Waals surface area contributed by atoms with E-state index in [4.69, 9.17) is 19.9 Å². The van der Waals surface area contributed by atoms with Gasteiger partial charge in [-0.25, -0.2) is 0 Å². The first-order valence-corrected chi connectivity index (χ1v) is 6.68. The highest BCUT2D eigenvalue weighted by molar-refractivity contribution is 5.47. The number of methoxy groups -OCH3 is 3. The summed E-state index contributed by atoms with van der Waals surface area (Å²) >= 11 is 0. The Bertz CT molecular complexity index is 601. The van der Waals surface area contributed by atoms with E-state index in [1.54, 1.807) is 21.3 Å². The van der Waals surface area contributed by atoms with Crippen LogP contribution in [0.25, 0.3) is 0 Å². The number of hydrogen-bond donors (Lipinski definition) is 1. The van der Waals surface area contributed by atoms with Crippen LogP contribution in [0.5, 0.6) is 17.2 Å². The van der Waals surface area contributed by atoms with E-state index in [2.05, 4.69) is 0 Å². The van der Waals surface area contributed by atoms with Crippen LogP contribution in [0, 0.1) is 0 Å². The molecule has 0 fully saturated rings. The van der Waals surface area contributed by atoms with E-state index >= 15 is 0 Å². The number of hydrogen-bond acceptors (Lipinski definition) is 4. The summed E-state index contributed by atoms with van der Waals surface area (Å²) in [6, 6.07) is 13.4. The molecule has 0 heterocycles. The van der Waals surface area contributed by atoms with E-state index in [-0.39, 0.29) is 0 Å². The van der Waals surface area contributed by atoms with Crippen molar-refractivity contribution in [3.63, 3.8) is 0 Å². The van der Waals surface area contributed by atoms with Gasteiger partial charge in [-0.3, -0.25) is 0 Å². The molecule has 2 N–H and O–H groups in total. The molecule has 1 unspecified atom stereocenters. The molecule has 0 amide bonds. The summed E-state index contributed by atoms with van der Waals surface area (Å²) < 4.78 is 15.9. The number of nitrogens with two attached hydrogens (primary N) is 1. The predicted octanol–water partition coefficient (Wildman–Crippen LogP) is 2.93. The van der Waals surface area contributed by atoms with Crippen LogP contribution >= 0.6 is 0 Å². The second-order valence-electron chi connectivity index (χ2n) is 5.04. The minimum absolute atomic E-state index is 0.684. The second kappa shape index (κ2) is 6.06. The first kappa shape index (κ1) is 15.2. The fraction of sp³-hybridized carbons (Fsp3) is 0.294. The lowest BCUT2D eigenvalue weighted by molar-refractivity contribution is 0.391. The lowest BCUT2D eigenvalue weighted by Crippen LogP contribution is -2.34. The summed E-state index contributed by atoms with van der Waals surface area (Å²) in [5.41, 5.74) is 7.74. The third-order valence-corrected chi connectivity index (χ3v) is 3.62. The van der Waals surface area contributed by atoms with Crippen LogP contribution in [-0.2, 0) is 5.54 Å². The summed E-state index contributed by atoms with van der Waals surface area (Å²) in [5.74, 6) is 2.20. The van der Waals surface area contributed by atoms with E-state index in [1.807, 2.05) is 49.4 Å². The minimum Gasteiger partial charge on any atom is -0.497 e. The smallest absolute Gasteiger partial charge is 0.122 e. The summed E-state index contributed by atoms with van der Waals surface area (Å²) in [4.78, 5) is 0. The predicted molar refractivity (Wildman–Crippen MR) is 83.2 cm³/mol. The zero-order valence-electron chi connectivity index (χ0n) is 12.8.